The van der Waals surface area contributed by atoms with E-state index in [1.165, 1.54) is 17.0 Å². The number of thiazole rings is 1. The Bertz CT molecular complexity index is 987. The van der Waals surface area contributed by atoms with Gasteiger partial charge in [0.05, 0.1) is 37.4 Å². The lowest BCUT2D eigenvalue weighted by molar-refractivity contribution is -0.894. The van der Waals surface area contributed by atoms with Gasteiger partial charge >= 0.3 is 6.18 Å². The van der Waals surface area contributed by atoms with Crippen LogP contribution in [-0.2, 0) is 6.18 Å². The number of hydrogen-bond donors (Lipinski definition) is 2. The van der Waals surface area contributed by atoms with Gasteiger partial charge in [0.2, 0.25) is 0 Å². The maximum Gasteiger partial charge on any atom is 0.416 e. The Balaban J connectivity index is 1.82. The third kappa shape index (κ3) is 4.87. The number of nitrogens with one attached hydrogen (secondary N) is 2. The number of rotatable bonds is 8. The van der Waals surface area contributed by atoms with Crippen LogP contribution in [0, 0.1) is 13.8 Å². The van der Waals surface area contributed by atoms with Crippen LogP contribution in [0.2, 0.25) is 0 Å². The second-order valence-corrected chi connectivity index (χ2v) is 8.20. The summed E-state index contributed by atoms with van der Waals surface area (Å²) in [6, 6.07) is 7.40. The molecule has 0 saturated heterocycles. The average Bonchev–Trinajstić information content (AvgIpc) is 3.28. The third-order valence-electron chi connectivity index (χ3n) is 5.40. The van der Waals surface area contributed by atoms with Crippen molar-refractivity contribution in [3.05, 3.63) is 52.7 Å². The molecule has 0 spiro atoms. The van der Waals surface area contributed by atoms with Crippen molar-refractivity contribution in [3.63, 3.8) is 0 Å². The lowest BCUT2D eigenvalue weighted by atomic mass is 10.2. The summed E-state index contributed by atoms with van der Waals surface area (Å²) in [6.07, 6.45) is -4.36. The first-order valence-electron chi connectivity index (χ1n) is 10.1. The molecule has 4 nitrogen and oxygen atoms in total. The summed E-state index contributed by atoms with van der Waals surface area (Å²) < 4.78 is 41.2. The predicted molar refractivity (Wildman–Crippen MR) is 117 cm³/mol. The van der Waals surface area contributed by atoms with Crippen LogP contribution in [-0.4, -0.2) is 35.7 Å². The smallest absolute Gasteiger partial charge is 0.356 e. The number of aryl methyl sites for hydroxylation is 1. The summed E-state index contributed by atoms with van der Waals surface area (Å²) in [5.41, 5.74) is 3.37. The number of nitrogens with zero attached hydrogens (tertiary/aromatic N) is 2. The number of benzene rings is 1. The van der Waals surface area contributed by atoms with E-state index in [9.17, 15) is 13.2 Å². The molecule has 0 radical (unpaired) electrons. The van der Waals surface area contributed by atoms with Crippen molar-refractivity contribution in [2.75, 3.05) is 31.5 Å². The largest absolute Gasteiger partial charge is 0.416 e. The van der Waals surface area contributed by atoms with Gasteiger partial charge < -0.3 is 14.8 Å². The molecule has 2 N–H and O–H groups in total. The maximum atomic E-state index is 13.1. The van der Waals surface area contributed by atoms with E-state index < -0.39 is 11.7 Å². The highest BCUT2D eigenvalue weighted by atomic mass is 32.1. The molecule has 2 heterocycles. The average molecular weight is 438 g/mol. The summed E-state index contributed by atoms with van der Waals surface area (Å²) in [6.45, 7) is 12.3. The summed E-state index contributed by atoms with van der Waals surface area (Å²) in [5, 5.41) is 6.24. The Morgan fingerprint density at radius 3 is 2.53 bits per heavy atom. The van der Waals surface area contributed by atoms with E-state index in [2.05, 4.69) is 19.2 Å². The molecule has 8 heteroatoms. The van der Waals surface area contributed by atoms with Gasteiger partial charge in [0.25, 0.3) is 0 Å². The van der Waals surface area contributed by atoms with Gasteiger partial charge in [-0.2, -0.15) is 13.2 Å². The summed E-state index contributed by atoms with van der Waals surface area (Å²) in [5.74, 6) is 0. The van der Waals surface area contributed by atoms with Crippen LogP contribution >= 0.6 is 11.3 Å². The lowest BCUT2D eigenvalue weighted by Crippen LogP contribution is -3.12. The zero-order chi connectivity index (χ0) is 21.9. The number of anilines is 1. The van der Waals surface area contributed by atoms with Gasteiger partial charge in [-0.05, 0) is 52.0 Å². The van der Waals surface area contributed by atoms with E-state index in [-0.39, 0.29) is 0 Å². The molecular formula is C22H28F3N4S+. The Kier molecular flexibility index (Phi) is 6.88. The van der Waals surface area contributed by atoms with Crippen LogP contribution in [0.4, 0.5) is 18.3 Å². The molecule has 0 unspecified atom stereocenters. The van der Waals surface area contributed by atoms with Crippen LogP contribution in [0.5, 0.6) is 0 Å². The molecule has 0 aliphatic heterocycles. The zero-order valence-electron chi connectivity index (χ0n) is 17.7. The minimum absolute atomic E-state index is 0.502. The Morgan fingerprint density at radius 2 is 1.87 bits per heavy atom. The highest BCUT2D eigenvalue weighted by Crippen LogP contribution is 2.34. The molecule has 30 heavy (non-hydrogen) atoms. The first-order valence-corrected chi connectivity index (χ1v) is 11.0. The van der Waals surface area contributed by atoms with E-state index in [1.54, 1.807) is 17.4 Å². The van der Waals surface area contributed by atoms with Gasteiger partial charge in [-0.15, -0.1) is 11.3 Å². The van der Waals surface area contributed by atoms with Crippen molar-refractivity contribution in [2.24, 2.45) is 0 Å². The molecule has 3 aromatic rings. The van der Waals surface area contributed by atoms with Crippen molar-refractivity contribution < 1.29 is 18.1 Å². The predicted octanol–water partition coefficient (Wildman–Crippen LogP) is 4.57. The molecule has 0 bridgehead atoms. The SMILES string of the molecule is CC[NH+](CC)CCNc1nc(-c2cc(C)n(-c3cccc(C(F)(F)F)c3)c2C)cs1. The molecular weight excluding hydrogens is 409 g/mol. The molecule has 0 fully saturated rings. The van der Waals surface area contributed by atoms with Gasteiger partial charge in [-0.25, -0.2) is 4.98 Å². The van der Waals surface area contributed by atoms with Crippen LogP contribution in [0.3, 0.4) is 0 Å². The second-order valence-electron chi connectivity index (χ2n) is 7.34. The summed E-state index contributed by atoms with van der Waals surface area (Å²) in [4.78, 5) is 6.23. The van der Waals surface area contributed by atoms with Crippen LogP contribution in [0.1, 0.15) is 30.8 Å². The first kappa shape index (κ1) is 22.4. The number of halogens is 3. The molecule has 0 atom stereocenters. The van der Waals surface area contributed by atoms with Gasteiger partial charge in [0, 0.05) is 28.0 Å². The molecule has 3 rings (SSSR count). The zero-order valence-corrected chi connectivity index (χ0v) is 18.5. The molecule has 0 aliphatic carbocycles. The molecule has 162 valence electrons. The fraction of sp³-hybridized carbons (Fsp3) is 0.409. The van der Waals surface area contributed by atoms with Gasteiger partial charge in [-0.1, -0.05) is 6.07 Å². The minimum Gasteiger partial charge on any atom is -0.356 e. The lowest BCUT2D eigenvalue weighted by Gasteiger charge is -2.15. The fourth-order valence-corrected chi connectivity index (χ4v) is 4.41. The Morgan fingerprint density at radius 1 is 1.13 bits per heavy atom. The van der Waals surface area contributed by atoms with Crippen LogP contribution < -0.4 is 10.2 Å². The Labute approximate surface area is 179 Å². The third-order valence-corrected chi connectivity index (χ3v) is 6.20. The molecule has 0 aliphatic rings. The quantitative estimate of drug-likeness (QED) is 0.541. The van der Waals surface area contributed by atoms with Gasteiger partial charge in [-0.3, -0.25) is 0 Å². The number of likely N-dealkylation sites (N-methyl/N-ethyl adjacent to an activating group) is 1. The van der Waals surface area contributed by atoms with Gasteiger partial charge in [0.15, 0.2) is 5.13 Å². The fourth-order valence-electron chi connectivity index (χ4n) is 3.67. The minimum atomic E-state index is -4.36. The van der Waals surface area contributed by atoms with Crippen LogP contribution in [0.25, 0.3) is 16.9 Å². The van der Waals surface area contributed by atoms with E-state index >= 15 is 0 Å². The van der Waals surface area contributed by atoms with Gasteiger partial charge in [0.1, 0.15) is 0 Å². The molecule has 0 amide bonds. The van der Waals surface area contributed by atoms with Crippen LogP contribution in [0.15, 0.2) is 35.7 Å². The van der Waals surface area contributed by atoms with Crippen molar-refractivity contribution in [1.29, 1.82) is 0 Å². The highest BCUT2D eigenvalue weighted by Gasteiger charge is 2.30. The van der Waals surface area contributed by atoms with Crippen molar-refractivity contribution in [3.8, 4) is 16.9 Å². The first-order chi connectivity index (χ1) is 14.2. The van der Waals surface area contributed by atoms with Crippen molar-refractivity contribution in [1.82, 2.24) is 9.55 Å². The van der Waals surface area contributed by atoms with E-state index in [1.807, 2.05) is 29.9 Å². The van der Waals surface area contributed by atoms with Crippen molar-refractivity contribution >= 4 is 16.5 Å². The summed E-state index contributed by atoms with van der Waals surface area (Å²) in [7, 11) is 0. The van der Waals surface area contributed by atoms with E-state index in [0.717, 1.165) is 60.0 Å². The van der Waals surface area contributed by atoms with E-state index in [0.29, 0.717) is 5.69 Å². The van der Waals surface area contributed by atoms with E-state index in [4.69, 9.17) is 4.98 Å². The standard InChI is InChI=1S/C22H27F3N4S/c1-5-28(6-2)11-10-26-21-27-20(14-30-21)19-12-15(3)29(16(19)4)18-9-7-8-17(13-18)22(23,24)25/h7-9,12-14H,5-6,10-11H2,1-4H3,(H,26,27)/p+1. The number of hydrogen-bond acceptors (Lipinski definition) is 3. The second kappa shape index (κ2) is 9.22. The number of quaternary nitrogens is 1. The molecule has 2 aromatic heterocycles. The number of alkyl halides is 3. The Hall–Kier alpha value is -2.32. The highest BCUT2D eigenvalue weighted by molar-refractivity contribution is 7.14. The normalized spacial score (nSPS) is 12.0. The maximum absolute atomic E-state index is 13.1. The summed E-state index contributed by atoms with van der Waals surface area (Å²) >= 11 is 1.55. The molecule has 0 saturated carbocycles. The topological polar surface area (TPSA) is 34.3 Å². The molecule has 1 aromatic carbocycles. The number of aromatic nitrogens is 2. The monoisotopic (exact) mass is 437 g/mol. The van der Waals surface area contributed by atoms with Crippen molar-refractivity contribution in [2.45, 2.75) is 33.9 Å².